The molecule has 4 heterocycles. The van der Waals surface area contributed by atoms with Crippen LogP contribution in [0.15, 0.2) is 60.7 Å². The lowest BCUT2D eigenvalue weighted by molar-refractivity contribution is -0.139. The van der Waals surface area contributed by atoms with Crippen LogP contribution in [0.5, 0.6) is 0 Å². The Labute approximate surface area is 301 Å². The van der Waals surface area contributed by atoms with Crippen molar-refractivity contribution < 1.29 is 29.3 Å². The smallest absolute Gasteiger partial charge is 0.407 e. The highest BCUT2D eigenvalue weighted by atomic mass is 16.5. The standard InChI is InChI=1S/C39H45N7O6/c1-21(22(2)47)37(49)45-17-5-7-32(45)35-40-28-15-13-26(19-30(28)42-35)24-9-11-25(12-10-24)27-14-16-29-31(20-27)43-36(41-29)33-8-6-18-46(33)38(50)34(23(3)48)44-39(51)52-4/h9-16,19-23,32-34,47-48H,5-8,17-18H2,1-4H3,(H,40,42)(H,41,43)(H,44,51)/t21-,22+,23+,32-,33-,34-/m0/s1. The molecule has 3 aromatic carbocycles. The number of carbonyl (C=O) groups is 3. The molecule has 5 N–H and O–H groups in total. The van der Waals surface area contributed by atoms with E-state index in [9.17, 15) is 24.6 Å². The Bertz CT molecular complexity index is 2110. The van der Waals surface area contributed by atoms with Crippen LogP contribution in [0.25, 0.3) is 44.3 Å². The lowest BCUT2D eigenvalue weighted by Gasteiger charge is -2.29. The highest BCUT2D eigenvalue weighted by Crippen LogP contribution is 2.36. The number of H-pyrrole nitrogens is 2. The van der Waals surface area contributed by atoms with E-state index in [1.165, 1.54) is 14.0 Å². The van der Waals surface area contributed by atoms with Gasteiger partial charge in [0.25, 0.3) is 0 Å². The molecule has 2 aliphatic rings. The summed E-state index contributed by atoms with van der Waals surface area (Å²) in [5, 5.41) is 22.7. The number of aliphatic hydroxyl groups excluding tert-OH is 2. The second kappa shape index (κ2) is 14.4. The summed E-state index contributed by atoms with van der Waals surface area (Å²) in [4.78, 5) is 58.5. The van der Waals surface area contributed by atoms with Gasteiger partial charge in [0.05, 0.1) is 59.4 Å². The number of aromatic nitrogens is 4. The Balaban J connectivity index is 1.07. The van der Waals surface area contributed by atoms with Gasteiger partial charge in [-0.25, -0.2) is 14.8 Å². The van der Waals surface area contributed by atoms with Crippen LogP contribution in [0.4, 0.5) is 4.79 Å². The third-order valence-electron chi connectivity index (χ3n) is 10.6. The number of rotatable bonds is 9. The van der Waals surface area contributed by atoms with Gasteiger partial charge in [-0.05, 0) is 86.1 Å². The first-order chi connectivity index (χ1) is 25.0. The van der Waals surface area contributed by atoms with Gasteiger partial charge in [0.15, 0.2) is 0 Å². The minimum atomic E-state index is -1.13. The number of hydrogen-bond acceptors (Lipinski definition) is 8. The molecule has 6 atom stereocenters. The van der Waals surface area contributed by atoms with Crippen molar-refractivity contribution >= 4 is 40.0 Å². The van der Waals surface area contributed by atoms with Crippen LogP contribution in [0.1, 0.15) is 70.2 Å². The van der Waals surface area contributed by atoms with Gasteiger partial charge in [-0.2, -0.15) is 0 Å². The molecule has 5 aromatic rings. The van der Waals surface area contributed by atoms with Crippen molar-refractivity contribution in [3.05, 3.63) is 72.3 Å². The molecule has 13 heteroatoms. The number of benzene rings is 3. The van der Waals surface area contributed by atoms with E-state index >= 15 is 0 Å². The molecule has 272 valence electrons. The van der Waals surface area contributed by atoms with Gasteiger partial charge in [-0.15, -0.1) is 0 Å². The van der Waals surface area contributed by atoms with Crippen molar-refractivity contribution in [1.82, 2.24) is 35.1 Å². The first-order valence-corrected chi connectivity index (χ1v) is 17.9. The predicted octanol–water partition coefficient (Wildman–Crippen LogP) is 5.22. The number of carbonyl (C=O) groups excluding carboxylic acids is 3. The lowest BCUT2D eigenvalue weighted by Crippen LogP contribution is -2.53. The Morgan fingerprint density at radius 3 is 1.63 bits per heavy atom. The molecular formula is C39H45N7O6. The molecule has 3 amide bonds. The number of amides is 3. The summed E-state index contributed by atoms with van der Waals surface area (Å²) < 4.78 is 4.65. The van der Waals surface area contributed by atoms with E-state index in [1.54, 1.807) is 18.7 Å². The van der Waals surface area contributed by atoms with E-state index in [-0.39, 0.29) is 23.9 Å². The van der Waals surface area contributed by atoms with Crippen molar-refractivity contribution in [2.45, 2.75) is 76.8 Å². The highest BCUT2D eigenvalue weighted by molar-refractivity contribution is 5.88. The molecule has 2 saturated heterocycles. The molecule has 52 heavy (non-hydrogen) atoms. The van der Waals surface area contributed by atoms with E-state index in [1.807, 2.05) is 29.2 Å². The summed E-state index contributed by atoms with van der Waals surface area (Å²) in [6.07, 6.45) is 0.620. The maximum absolute atomic E-state index is 13.4. The van der Waals surface area contributed by atoms with Gasteiger partial charge in [0.2, 0.25) is 11.8 Å². The first-order valence-electron chi connectivity index (χ1n) is 17.9. The summed E-state index contributed by atoms with van der Waals surface area (Å²) in [7, 11) is 1.21. The number of ether oxygens (including phenoxy) is 1. The van der Waals surface area contributed by atoms with E-state index in [2.05, 4.69) is 56.4 Å². The second-order valence-electron chi connectivity index (χ2n) is 14.0. The van der Waals surface area contributed by atoms with Gasteiger partial charge in [-0.1, -0.05) is 43.3 Å². The Morgan fingerprint density at radius 1 is 0.731 bits per heavy atom. The topological polar surface area (TPSA) is 177 Å². The molecule has 0 spiro atoms. The fourth-order valence-electron chi connectivity index (χ4n) is 7.43. The fourth-order valence-corrected chi connectivity index (χ4v) is 7.43. The SMILES string of the molecule is COC(=O)N[C@H](C(=O)N1CCC[C@H]1c1nc2cc(-c3ccc(-c4ccc5[nH]c([C@@H]6CCCN6C(=O)[C@@H](C)[C@@H](C)O)nc5c4)cc3)ccc2[nH]1)[C@@H](C)O. The number of likely N-dealkylation sites (tertiary alicyclic amines) is 2. The number of methoxy groups -OCH3 is 1. The first kappa shape index (κ1) is 35.1. The van der Waals surface area contributed by atoms with E-state index < -0.39 is 30.3 Å². The van der Waals surface area contributed by atoms with Crippen molar-refractivity contribution in [1.29, 1.82) is 0 Å². The van der Waals surface area contributed by atoms with Gasteiger partial charge in [-0.3, -0.25) is 9.59 Å². The Hall–Kier alpha value is -5.27. The summed E-state index contributed by atoms with van der Waals surface area (Å²) in [6.45, 7) is 6.03. The molecule has 7 rings (SSSR count). The van der Waals surface area contributed by atoms with Crippen LogP contribution < -0.4 is 5.32 Å². The quantitative estimate of drug-likeness (QED) is 0.138. The number of aliphatic hydroxyl groups is 2. The zero-order valence-electron chi connectivity index (χ0n) is 29.8. The van der Waals surface area contributed by atoms with Crippen molar-refractivity contribution in [3.8, 4) is 22.3 Å². The Morgan fingerprint density at radius 2 is 1.19 bits per heavy atom. The fraction of sp³-hybridized carbons (Fsp3) is 0.410. The van der Waals surface area contributed by atoms with E-state index in [0.29, 0.717) is 25.3 Å². The number of alkyl carbamates (subject to hydrolysis) is 1. The van der Waals surface area contributed by atoms with Crippen molar-refractivity contribution in [2.75, 3.05) is 20.2 Å². The monoisotopic (exact) mass is 707 g/mol. The average molecular weight is 708 g/mol. The zero-order chi connectivity index (χ0) is 36.7. The molecular weight excluding hydrogens is 662 g/mol. The van der Waals surface area contributed by atoms with Crippen LogP contribution in [-0.4, -0.2) is 96.3 Å². The summed E-state index contributed by atoms with van der Waals surface area (Å²) in [6, 6.07) is 19.0. The third kappa shape index (κ3) is 6.73. The molecule has 0 unspecified atom stereocenters. The highest BCUT2D eigenvalue weighted by Gasteiger charge is 2.38. The molecule has 0 bridgehead atoms. The third-order valence-corrected chi connectivity index (χ3v) is 10.6. The maximum atomic E-state index is 13.4. The largest absolute Gasteiger partial charge is 0.453 e. The van der Waals surface area contributed by atoms with Gasteiger partial charge < -0.3 is 40.0 Å². The van der Waals surface area contributed by atoms with Crippen molar-refractivity contribution in [3.63, 3.8) is 0 Å². The lowest BCUT2D eigenvalue weighted by atomic mass is 10.00. The summed E-state index contributed by atoms with van der Waals surface area (Å²) in [5.41, 5.74) is 7.48. The number of nitrogens with zero attached hydrogens (tertiary/aromatic N) is 4. The molecule has 2 aliphatic heterocycles. The van der Waals surface area contributed by atoms with Gasteiger partial charge in [0.1, 0.15) is 17.7 Å². The molecule has 2 aromatic heterocycles. The zero-order valence-corrected chi connectivity index (χ0v) is 29.8. The van der Waals surface area contributed by atoms with E-state index in [0.717, 1.165) is 69.4 Å². The molecule has 2 fully saturated rings. The van der Waals surface area contributed by atoms with Crippen LogP contribution >= 0.6 is 0 Å². The van der Waals surface area contributed by atoms with Crippen LogP contribution in [0, 0.1) is 5.92 Å². The minimum Gasteiger partial charge on any atom is -0.453 e. The average Bonchev–Trinajstić information content (AvgIpc) is 3.97. The van der Waals surface area contributed by atoms with Gasteiger partial charge >= 0.3 is 6.09 Å². The Kier molecular flexibility index (Phi) is 9.73. The maximum Gasteiger partial charge on any atom is 0.407 e. The number of nitrogens with one attached hydrogen (secondary N) is 3. The summed E-state index contributed by atoms with van der Waals surface area (Å²) in [5.74, 6) is 0.541. The van der Waals surface area contributed by atoms with Crippen LogP contribution in [-0.2, 0) is 14.3 Å². The van der Waals surface area contributed by atoms with Crippen LogP contribution in [0.3, 0.4) is 0 Å². The molecule has 0 radical (unpaired) electrons. The number of imidazole rings is 2. The summed E-state index contributed by atoms with van der Waals surface area (Å²) >= 11 is 0. The predicted molar refractivity (Wildman–Crippen MR) is 196 cm³/mol. The van der Waals surface area contributed by atoms with Crippen LogP contribution in [0.2, 0.25) is 0 Å². The van der Waals surface area contributed by atoms with Crippen molar-refractivity contribution in [2.24, 2.45) is 5.92 Å². The minimum absolute atomic E-state index is 0.0453. The van der Waals surface area contributed by atoms with E-state index in [4.69, 9.17) is 9.97 Å². The molecule has 0 saturated carbocycles. The van der Waals surface area contributed by atoms with Gasteiger partial charge in [0, 0.05) is 13.1 Å². The number of aromatic amines is 2. The molecule has 13 nitrogen and oxygen atoms in total. The molecule has 0 aliphatic carbocycles. The number of hydrogen-bond donors (Lipinski definition) is 5. The normalized spacial score (nSPS) is 19.9. The number of fused-ring (bicyclic) bond motifs is 2. The second-order valence-corrected chi connectivity index (χ2v) is 14.0.